The molecule has 0 aromatic carbocycles. The van der Waals surface area contributed by atoms with Crippen LogP contribution in [0.25, 0.3) is 0 Å². The Labute approximate surface area is 89.3 Å². The van der Waals surface area contributed by atoms with Crippen molar-refractivity contribution in [2.75, 3.05) is 6.61 Å². The quantitative estimate of drug-likeness (QED) is 0.640. The lowest BCUT2D eigenvalue weighted by molar-refractivity contribution is 0.113. The molecule has 0 spiro atoms. The van der Waals surface area contributed by atoms with E-state index in [0.717, 1.165) is 12.8 Å². The highest BCUT2D eigenvalue weighted by atomic mass is 16.2. The van der Waals surface area contributed by atoms with Gasteiger partial charge in [-0.1, -0.05) is 0 Å². The van der Waals surface area contributed by atoms with Crippen LogP contribution in [0.5, 0.6) is 0 Å². The van der Waals surface area contributed by atoms with Gasteiger partial charge in [0, 0.05) is 24.7 Å². The summed E-state index contributed by atoms with van der Waals surface area (Å²) in [6.07, 6.45) is 3.26. The summed E-state index contributed by atoms with van der Waals surface area (Å²) in [7, 11) is 0. The van der Waals surface area contributed by atoms with E-state index in [-0.39, 0.29) is 0 Å². The van der Waals surface area contributed by atoms with Crippen LogP contribution >= 0.6 is 0 Å². The lowest BCUT2D eigenvalue weighted by Gasteiger charge is -2.36. The molecule has 0 saturated heterocycles. The van der Waals surface area contributed by atoms with Crippen LogP contribution in [0.3, 0.4) is 0 Å². The van der Waals surface area contributed by atoms with E-state index < -0.39 is 0 Å². The second kappa shape index (κ2) is 7.24. The van der Waals surface area contributed by atoms with Gasteiger partial charge in [0.05, 0.1) is 0 Å². The van der Waals surface area contributed by atoms with Gasteiger partial charge in [0.1, 0.15) is 0 Å². The minimum Gasteiger partial charge on any atom is -0.396 e. The molecule has 0 amide bonds. The lowest BCUT2D eigenvalue weighted by Crippen LogP contribution is -2.43. The number of hydrogen-bond donors (Lipinski definition) is 1. The smallest absolute Gasteiger partial charge is 0.0431 e. The van der Waals surface area contributed by atoms with Gasteiger partial charge in [0.25, 0.3) is 0 Å². The van der Waals surface area contributed by atoms with Crippen molar-refractivity contribution < 1.29 is 5.11 Å². The average molecular weight is 201 g/mol. The molecule has 0 aromatic rings. The van der Waals surface area contributed by atoms with Gasteiger partial charge in [0.15, 0.2) is 0 Å². The van der Waals surface area contributed by atoms with Crippen molar-refractivity contribution >= 4 is 0 Å². The van der Waals surface area contributed by atoms with E-state index in [1.54, 1.807) is 0 Å². The molecule has 86 valence electrons. The molecule has 2 heteroatoms. The summed E-state index contributed by atoms with van der Waals surface area (Å²) in [5.74, 6) is 0. The Morgan fingerprint density at radius 1 is 0.929 bits per heavy atom. The molecule has 0 aliphatic carbocycles. The summed E-state index contributed by atoms with van der Waals surface area (Å²) in [4.78, 5) is 2.54. The first-order valence-corrected chi connectivity index (χ1v) is 5.89. The molecule has 0 rings (SSSR count). The molecule has 0 fully saturated rings. The van der Waals surface area contributed by atoms with Crippen molar-refractivity contribution in [1.29, 1.82) is 0 Å². The van der Waals surface area contributed by atoms with Crippen LogP contribution in [0.4, 0.5) is 0 Å². The van der Waals surface area contributed by atoms with Crippen LogP contribution in [-0.2, 0) is 0 Å². The largest absolute Gasteiger partial charge is 0.396 e. The average Bonchev–Trinajstić information content (AvgIpc) is 2.03. The zero-order valence-electron chi connectivity index (χ0n) is 10.5. The fourth-order valence-electron chi connectivity index (χ4n) is 2.31. The first-order chi connectivity index (χ1) is 6.50. The Morgan fingerprint density at radius 2 is 1.43 bits per heavy atom. The number of aliphatic hydroxyl groups is 1. The van der Waals surface area contributed by atoms with E-state index in [1.807, 2.05) is 0 Å². The fraction of sp³-hybridized carbons (Fsp3) is 1.00. The summed E-state index contributed by atoms with van der Waals surface area (Å²) in [6.45, 7) is 11.6. The number of aliphatic hydroxyl groups excluding tert-OH is 1. The second-order valence-electron chi connectivity index (χ2n) is 4.70. The first kappa shape index (κ1) is 13.9. The third-order valence-corrected chi connectivity index (χ3v) is 2.73. The Balaban J connectivity index is 3.96. The molecular formula is C12H27NO. The van der Waals surface area contributed by atoms with Crippen LogP contribution in [0.15, 0.2) is 0 Å². The van der Waals surface area contributed by atoms with Crippen LogP contribution in [-0.4, -0.2) is 34.7 Å². The van der Waals surface area contributed by atoms with E-state index in [9.17, 15) is 0 Å². The van der Waals surface area contributed by atoms with Crippen molar-refractivity contribution in [3.05, 3.63) is 0 Å². The maximum Gasteiger partial charge on any atom is 0.0431 e. The molecule has 14 heavy (non-hydrogen) atoms. The van der Waals surface area contributed by atoms with Crippen LogP contribution in [0, 0.1) is 0 Å². The molecule has 0 radical (unpaired) electrons. The van der Waals surface area contributed by atoms with Gasteiger partial charge in [-0.3, -0.25) is 4.90 Å². The monoisotopic (exact) mass is 201 g/mol. The summed E-state index contributed by atoms with van der Waals surface area (Å²) >= 11 is 0. The van der Waals surface area contributed by atoms with E-state index in [1.165, 1.54) is 6.42 Å². The molecular weight excluding hydrogens is 174 g/mol. The summed E-state index contributed by atoms with van der Waals surface area (Å²) < 4.78 is 0. The zero-order chi connectivity index (χ0) is 11.1. The van der Waals surface area contributed by atoms with E-state index in [0.29, 0.717) is 24.7 Å². The fourth-order valence-corrected chi connectivity index (χ4v) is 2.31. The molecule has 1 N–H and O–H groups in total. The number of nitrogens with zero attached hydrogens (tertiary/aromatic N) is 1. The minimum atomic E-state index is 0.329. The highest BCUT2D eigenvalue weighted by Gasteiger charge is 2.19. The SMILES string of the molecule is CC(C)N(C(C)C)C(C)CCCCO. The Morgan fingerprint density at radius 3 is 1.79 bits per heavy atom. The summed E-state index contributed by atoms with van der Waals surface area (Å²) in [5.41, 5.74) is 0. The van der Waals surface area contributed by atoms with Crippen molar-refractivity contribution in [2.45, 2.75) is 72.0 Å². The molecule has 1 atom stereocenters. The molecule has 0 aliphatic heterocycles. The van der Waals surface area contributed by atoms with Crippen molar-refractivity contribution in [1.82, 2.24) is 4.90 Å². The topological polar surface area (TPSA) is 23.5 Å². The highest BCUT2D eigenvalue weighted by Crippen LogP contribution is 2.15. The van der Waals surface area contributed by atoms with E-state index in [4.69, 9.17) is 5.11 Å². The Hall–Kier alpha value is -0.0800. The van der Waals surface area contributed by atoms with Crippen molar-refractivity contribution in [3.8, 4) is 0 Å². The Kier molecular flexibility index (Phi) is 7.20. The lowest BCUT2D eigenvalue weighted by atomic mass is 10.1. The maximum absolute atomic E-state index is 8.72. The van der Waals surface area contributed by atoms with Crippen LogP contribution in [0.1, 0.15) is 53.9 Å². The molecule has 0 bridgehead atoms. The molecule has 0 saturated carbocycles. The summed E-state index contributed by atoms with van der Waals surface area (Å²) in [5, 5.41) is 8.72. The Bertz CT molecular complexity index is 126. The van der Waals surface area contributed by atoms with Crippen molar-refractivity contribution in [3.63, 3.8) is 0 Å². The number of unbranched alkanes of at least 4 members (excludes halogenated alkanes) is 1. The standard InChI is InChI=1S/C12H27NO/c1-10(2)13(11(3)4)12(5)8-6-7-9-14/h10-12,14H,6-9H2,1-5H3. The second-order valence-corrected chi connectivity index (χ2v) is 4.70. The molecule has 1 unspecified atom stereocenters. The van der Waals surface area contributed by atoms with Gasteiger partial charge in [-0.2, -0.15) is 0 Å². The number of hydrogen-bond acceptors (Lipinski definition) is 2. The zero-order valence-corrected chi connectivity index (χ0v) is 10.5. The van der Waals surface area contributed by atoms with E-state index in [2.05, 4.69) is 39.5 Å². The normalized spacial score (nSPS) is 14.4. The number of rotatable bonds is 7. The maximum atomic E-state index is 8.72. The summed E-state index contributed by atoms with van der Waals surface area (Å²) in [6, 6.07) is 1.85. The molecule has 2 nitrogen and oxygen atoms in total. The van der Waals surface area contributed by atoms with Crippen LogP contribution in [0.2, 0.25) is 0 Å². The predicted octanol–water partition coefficient (Wildman–Crippen LogP) is 2.66. The molecule has 0 aromatic heterocycles. The van der Waals surface area contributed by atoms with E-state index >= 15 is 0 Å². The third kappa shape index (κ3) is 4.97. The predicted molar refractivity (Wildman–Crippen MR) is 62.5 cm³/mol. The first-order valence-electron chi connectivity index (χ1n) is 5.89. The molecule has 0 aliphatic rings. The van der Waals surface area contributed by atoms with Gasteiger partial charge >= 0.3 is 0 Å². The van der Waals surface area contributed by atoms with Crippen LogP contribution < -0.4 is 0 Å². The van der Waals surface area contributed by atoms with Gasteiger partial charge in [-0.05, 0) is 53.9 Å². The van der Waals surface area contributed by atoms with Crippen molar-refractivity contribution in [2.24, 2.45) is 0 Å². The highest BCUT2D eigenvalue weighted by molar-refractivity contribution is 4.74. The molecule has 0 heterocycles. The van der Waals surface area contributed by atoms with Gasteiger partial charge < -0.3 is 5.11 Å². The van der Waals surface area contributed by atoms with Gasteiger partial charge in [-0.25, -0.2) is 0 Å². The minimum absolute atomic E-state index is 0.329. The van der Waals surface area contributed by atoms with Gasteiger partial charge in [-0.15, -0.1) is 0 Å². The third-order valence-electron chi connectivity index (χ3n) is 2.73. The van der Waals surface area contributed by atoms with Gasteiger partial charge in [0.2, 0.25) is 0 Å².